The Morgan fingerprint density at radius 3 is 2.03 bits per heavy atom. The first kappa shape index (κ1) is 26.2. The average molecular weight is 516 g/mol. The number of halogens is 6. The van der Waals surface area contributed by atoms with Gasteiger partial charge in [-0.2, -0.15) is 26.3 Å². The third-order valence-corrected chi connectivity index (χ3v) is 7.48. The van der Waals surface area contributed by atoms with E-state index in [1.54, 1.807) is 0 Å². The van der Waals surface area contributed by atoms with E-state index < -0.39 is 42.7 Å². The number of anilines is 1. The molecule has 2 heterocycles. The number of amides is 2. The van der Waals surface area contributed by atoms with Crippen LogP contribution in [0.25, 0.3) is 0 Å². The summed E-state index contributed by atoms with van der Waals surface area (Å²) in [5, 5.41) is 0. The maximum absolute atomic E-state index is 13.3. The Morgan fingerprint density at radius 2 is 1.53 bits per heavy atom. The molecule has 0 unspecified atom stereocenters. The van der Waals surface area contributed by atoms with Gasteiger partial charge in [-0.3, -0.25) is 9.80 Å². The summed E-state index contributed by atoms with van der Waals surface area (Å²) in [7, 11) is 3.91. The van der Waals surface area contributed by atoms with Gasteiger partial charge >= 0.3 is 18.4 Å². The number of carbonyl (C=O) groups excluding carboxylic acids is 1. The van der Waals surface area contributed by atoms with Crippen LogP contribution in [0.1, 0.15) is 43.5 Å². The minimum absolute atomic E-state index is 0.0226. The Kier molecular flexibility index (Phi) is 6.69. The quantitative estimate of drug-likeness (QED) is 0.497. The predicted molar refractivity (Wildman–Crippen MR) is 120 cm³/mol. The van der Waals surface area contributed by atoms with E-state index in [4.69, 9.17) is 0 Å². The molecule has 0 bridgehead atoms. The minimum atomic E-state index is -4.75. The van der Waals surface area contributed by atoms with Crippen molar-refractivity contribution in [2.75, 3.05) is 32.1 Å². The van der Waals surface area contributed by atoms with Crippen LogP contribution >= 0.6 is 0 Å². The second kappa shape index (κ2) is 9.20. The molecule has 36 heavy (non-hydrogen) atoms. The van der Waals surface area contributed by atoms with Gasteiger partial charge in [-0.05, 0) is 45.3 Å². The van der Waals surface area contributed by atoms with Crippen molar-refractivity contribution in [1.29, 1.82) is 0 Å². The molecule has 0 atom stereocenters. The van der Waals surface area contributed by atoms with Crippen LogP contribution in [0, 0.1) is 0 Å². The Labute approximate surface area is 204 Å². The van der Waals surface area contributed by atoms with Crippen molar-refractivity contribution in [2.24, 2.45) is 0 Å². The number of alkyl halides is 6. The largest absolute Gasteiger partial charge is 0.451 e. The lowest BCUT2D eigenvalue weighted by Crippen LogP contribution is -2.55. The van der Waals surface area contributed by atoms with Gasteiger partial charge < -0.3 is 4.90 Å². The van der Waals surface area contributed by atoms with Crippen molar-refractivity contribution < 1.29 is 31.1 Å². The van der Waals surface area contributed by atoms with Crippen LogP contribution in [0.4, 0.5) is 36.8 Å². The van der Waals surface area contributed by atoms with E-state index in [0.29, 0.717) is 25.7 Å². The molecule has 1 aliphatic carbocycles. The van der Waals surface area contributed by atoms with Crippen molar-refractivity contribution in [2.45, 2.75) is 55.5 Å². The topological polar surface area (TPSA) is 52.6 Å². The van der Waals surface area contributed by atoms with Gasteiger partial charge in [0, 0.05) is 12.1 Å². The molecule has 1 saturated carbocycles. The lowest BCUT2D eigenvalue weighted by Gasteiger charge is -2.51. The molecule has 2 fully saturated rings. The number of aromatic nitrogens is 2. The molecule has 0 N–H and O–H groups in total. The van der Waals surface area contributed by atoms with Gasteiger partial charge in [0.25, 0.3) is 0 Å². The number of rotatable bonds is 5. The molecule has 1 spiro atoms. The van der Waals surface area contributed by atoms with Gasteiger partial charge in [-0.25, -0.2) is 14.8 Å². The van der Waals surface area contributed by atoms with Crippen LogP contribution in [0.15, 0.2) is 42.7 Å². The molecule has 1 saturated heterocycles. The zero-order valence-electron chi connectivity index (χ0n) is 19.9. The monoisotopic (exact) mass is 515 g/mol. The highest BCUT2D eigenvalue weighted by molar-refractivity contribution is 5.95. The third kappa shape index (κ3) is 4.87. The molecule has 1 aromatic heterocycles. The van der Waals surface area contributed by atoms with Crippen LogP contribution < -0.4 is 4.90 Å². The van der Waals surface area contributed by atoms with Crippen molar-refractivity contribution in [3.8, 4) is 0 Å². The molecule has 12 heteroatoms. The molecular formula is C24H27F6N5O. The normalized spacial score (nSPS) is 25.3. The van der Waals surface area contributed by atoms with Gasteiger partial charge in [-0.1, -0.05) is 30.3 Å². The number of hydrogen-bond donors (Lipinski definition) is 0. The Balaban J connectivity index is 1.64. The number of hydrogen-bond acceptors (Lipinski definition) is 4. The lowest BCUT2D eigenvalue weighted by molar-refractivity contribution is -0.145. The molecular weight excluding hydrogens is 488 g/mol. The number of urea groups is 1. The van der Waals surface area contributed by atoms with Gasteiger partial charge in [-0.15, -0.1) is 0 Å². The van der Waals surface area contributed by atoms with E-state index in [-0.39, 0.29) is 17.8 Å². The number of nitrogens with zero attached hydrogens (tertiary/aromatic N) is 5. The SMILES string of the molecule is CN(C)C1(c2ccccc2)CCC2(CC1)CN(c1cnc(C(F)(F)F)nc1)C(=O)N2CCC(F)(F)F. The third-order valence-electron chi connectivity index (χ3n) is 7.48. The van der Waals surface area contributed by atoms with E-state index >= 15 is 0 Å². The summed E-state index contributed by atoms with van der Waals surface area (Å²) >= 11 is 0. The molecule has 4 rings (SSSR count). The zero-order chi connectivity index (χ0) is 26.4. The summed E-state index contributed by atoms with van der Waals surface area (Å²) in [6.07, 6.45) is -6.54. The second-order valence-electron chi connectivity index (χ2n) is 9.66. The standard InChI is InChI=1S/C24H27F6N5O/c1-33(2)22(17-6-4-3-5-7-17)10-8-21(9-11-22)16-34(20(36)35(21)13-12-23(25,26)27)18-14-31-19(32-15-18)24(28,29)30/h3-7,14-15H,8-13,16H2,1-2H3. The van der Waals surface area contributed by atoms with Crippen LogP contribution in [0.5, 0.6) is 0 Å². The smallest absolute Gasteiger partial charge is 0.317 e. The summed E-state index contributed by atoms with van der Waals surface area (Å²) < 4.78 is 78.1. The maximum Gasteiger partial charge on any atom is 0.451 e. The Morgan fingerprint density at radius 1 is 0.944 bits per heavy atom. The molecule has 1 aliphatic heterocycles. The summed E-state index contributed by atoms with van der Waals surface area (Å²) in [5.41, 5.74) is -0.131. The molecule has 1 aromatic carbocycles. The first-order valence-electron chi connectivity index (χ1n) is 11.6. The van der Waals surface area contributed by atoms with Crippen LogP contribution in [-0.2, 0) is 11.7 Å². The zero-order valence-corrected chi connectivity index (χ0v) is 19.9. The van der Waals surface area contributed by atoms with E-state index in [1.807, 2.05) is 44.4 Å². The van der Waals surface area contributed by atoms with Crippen molar-refractivity contribution in [1.82, 2.24) is 19.8 Å². The summed E-state index contributed by atoms with van der Waals surface area (Å²) in [4.78, 5) is 24.5. The maximum atomic E-state index is 13.3. The average Bonchev–Trinajstić information content (AvgIpc) is 3.09. The fourth-order valence-corrected chi connectivity index (χ4v) is 5.48. The summed E-state index contributed by atoms with van der Waals surface area (Å²) in [5.74, 6) is -1.35. The van der Waals surface area contributed by atoms with Crippen molar-refractivity contribution in [3.63, 3.8) is 0 Å². The molecule has 2 aromatic rings. The van der Waals surface area contributed by atoms with Crippen LogP contribution in [-0.4, -0.2) is 64.7 Å². The Bertz CT molecular complexity index is 1060. The lowest BCUT2D eigenvalue weighted by atomic mass is 9.68. The van der Waals surface area contributed by atoms with Gasteiger partial charge in [0.2, 0.25) is 5.82 Å². The van der Waals surface area contributed by atoms with Gasteiger partial charge in [0.1, 0.15) is 0 Å². The van der Waals surface area contributed by atoms with E-state index in [2.05, 4.69) is 14.9 Å². The van der Waals surface area contributed by atoms with E-state index in [1.165, 1.54) is 9.80 Å². The Hall–Kier alpha value is -2.89. The van der Waals surface area contributed by atoms with E-state index in [0.717, 1.165) is 18.0 Å². The second-order valence-corrected chi connectivity index (χ2v) is 9.66. The predicted octanol–water partition coefficient (Wildman–Crippen LogP) is 5.46. The first-order chi connectivity index (χ1) is 16.8. The van der Waals surface area contributed by atoms with Crippen LogP contribution in [0.3, 0.4) is 0 Å². The molecule has 0 radical (unpaired) electrons. The molecule has 2 amide bonds. The highest BCUT2D eigenvalue weighted by atomic mass is 19.4. The highest BCUT2D eigenvalue weighted by Crippen LogP contribution is 2.49. The van der Waals surface area contributed by atoms with Crippen LogP contribution in [0.2, 0.25) is 0 Å². The summed E-state index contributed by atoms with van der Waals surface area (Å²) in [6.45, 7) is -0.475. The summed E-state index contributed by atoms with van der Waals surface area (Å²) in [6, 6.07) is 9.14. The van der Waals surface area contributed by atoms with Gasteiger partial charge in [0.05, 0.1) is 36.6 Å². The fraction of sp³-hybridized carbons (Fsp3) is 0.542. The minimum Gasteiger partial charge on any atom is -0.317 e. The van der Waals surface area contributed by atoms with E-state index in [9.17, 15) is 31.1 Å². The number of carbonyl (C=O) groups is 1. The number of benzene rings is 1. The fourth-order valence-electron chi connectivity index (χ4n) is 5.48. The van der Waals surface area contributed by atoms with Crippen molar-refractivity contribution >= 4 is 11.7 Å². The molecule has 6 nitrogen and oxygen atoms in total. The highest BCUT2D eigenvalue weighted by Gasteiger charge is 2.55. The molecule has 2 aliphatic rings. The van der Waals surface area contributed by atoms with Crippen molar-refractivity contribution in [3.05, 3.63) is 54.1 Å². The molecule has 196 valence electrons. The first-order valence-corrected chi connectivity index (χ1v) is 11.6. The van der Waals surface area contributed by atoms with Gasteiger partial charge in [0.15, 0.2) is 0 Å².